The largest absolute Gasteiger partial charge is 0.481 e. The lowest BCUT2D eigenvalue weighted by Crippen LogP contribution is -1.93. The molecule has 0 radical (unpaired) electrons. The maximum absolute atomic E-state index is 10.2. The zero-order chi connectivity index (χ0) is 13.5. The van der Waals surface area contributed by atoms with E-state index in [1.165, 1.54) is 56.6 Å². The van der Waals surface area contributed by atoms with Gasteiger partial charge in [0.05, 0.1) is 5.38 Å². The monoisotopic (exact) mass is 274 g/mol. The molecule has 0 aliphatic heterocycles. The van der Waals surface area contributed by atoms with Gasteiger partial charge in [0.2, 0.25) is 0 Å². The van der Waals surface area contributed by atoms with E-state index in [0.717, 1.165) is 12.8 Å². The second-order valence-electron chi connectivity index (χ2n) is 4.44. The third-order valence-electron chi connectivity index (χ3n) is 2.72. The molecule has 0 bridgehead atoms. The number of hydrogen-bond donors (Lipinski definition) is 1. The third kappa shape index (κ3) is 15.2. The van der Waals surface area contributed by atoms with Gasteiger partial charge in [0.25, 0.3) is 0 Å². The van der Waals surface area contributed by atoms with Gasteiger partial charge < -0.3 is 8.96 Å². The minimum atomic E-state index is -0.659. The molecule has 1 aromatic heterocycles. The smallest absolute Gasteiger partial charge is 0.303 e. The number of rotatable bonds is 10. The van der Waals surface area contributed by atoms with Crippen molar-refractivity contribution in [3.63, 3.8) is 0 Å². The topological polar surface area (TPSA) is 50.4 Å². The lowest BCUT2D eigenvalue weighted by Gasteiger charge is -2.00. The van der Waals surface area contributed by atoms with Crippen LogP contribution < -0.4 is 0 Å². The van der Waals surface area contributed by atoms with Crippen molar-refractivity contribution in [2.24, 2.45) is 0 Å². The van der Waals surface area contributed by atoms with E-state index in [9.17, 15) is 4.79 Å². The van der Waals surface area contributed by atoms with Crippen molar-refractivity contribution in [1.29, 1.82) is 0 Å². The molecular formula is C14H26O3S. The zero-order valence-electron chi connectivity index (χ0n) is 11.4. The van der Waals surface area contributed by atoms with Gasteiger partial charge in [0.1, 0.15) is 6.26 Å². The Morgan fingerprint density at radius 3 is 1.78 bits per heavy atom. The lowest BCUT2D eigenvalue weighted by molar-refractivity contribution is -0.137. The number of carboxylic acid groups (broad SMARTS) is 1. The molecule has 0 saturated carbocycles. The van der Waals surface area contributed by atoms with Gasteiger partial charge in [-0.2, -0.15) is 0 Å². The van der Waals surface area contributed by atoms with E-state index in [-0.39, 0.29) is 0 Å². The fourth-order valence-electron chi connectivity index (χ4n) is 1.64. The minimum Gasteiger partial charge on any atom is -0.481 e. The zero-order valence-corrected chi connectivity index (χ0v) is 12.2. The summed E-state index contributed by atoms with van der Waals surface area (Å²) in [5.41, 5.74) is 0. The Labute approximate surface area is 114 Å². The number of unbranched alkanes of at least 4 members (excludes halogenated alkanes) is 8. The molecule has 1 heterocycles. The summed E-state index contributed by atoms with van der Waals surface area (Å²) in [7, 11) is 0. The predicted molar refractivity (Wildman–Crippen MR) is 76.1 cm³/mol. The van der Waals surface area contributed by atoms with E-state index in [2.05, 4.69) is 10.8 Å². The molecule has 4 heteroatoms. The summed E-state index contributed by atoms with van der Waals surface area (Å²) in [4.78, 5) is 10.2. The van der Waals surface area contributed by atoms with Crippen LogP contribution in [-0.4, -0.2) is 11.1 Å². The first kappa shape index (κ1) is 17.2. The summed E-state index contributed by atoms with van der Waals surface area (Å²) in [6, 6.07) is 0. The first-order valence-electron chi connectivity index (χ1n) is 6.96. The molecule has 106 valence electrons. The third-order valence-corrected chi connectivity index (χ3v) is 3.16. The molecular weight excluding hydrogens is 248 g/mol. The Morgan fingerprint density at radius 1 is 1.06 bits per heavy atom. The molecule has 0 aliphatic carbocycles. The van der Waals surface area contributed by atoms with Gasteiger partial charge >= 0.3 is 5.97 Å². The first-order chi connectivity index (χ1) is 8.77. The molecule has 0 amide bonds. The van der Waals surface area contributed by atoms with Crippen LogP contribution in [0.1, 0.15) is 71.1 Å². The first-order valence-corrected chi connectivity index (χ1v) is 7.76. The molecule has 1 N–H and O–H groups in total. The van der Waals surface area contributed by atoms with Gasteiger partial charge in [-0.25, -0.2) is 0 Å². The molecule has 0 unspecified atom stereocenters. The van der Waals surface area contributed by atoms with Crippen molar-refractivity contribution in [3.05, 3.63) is 11.6 Å². The van der Waals surface area contributed by atoms with Crippen LogP contribution in [-0.2, 0) is 4.79 Å². The van der Waals surface area contributed by atoms with Gasteiger partial charge in [-0.15, -0.1) is 0 Å². The van der Waals surface area contributed by atoms with Crippen LogP contribution in [0.15, 0.2) is 15.5 Å². The van der Waals surface area contributed by atoms with Gasteiger partial charge in [-0.1, -0.05) is 58.3 Å². The normalized spacial score (nSPS) is 9.83. The van der Waals surface area contributed by atoms with Gasteiger partial charge in [0, 0.05) is 18.1 Å². The summed E-state index contributed by atoms with van der Waals surface area (Å²) >= 11 is 1.36. The summed E-state index contributed by atoms with van der Waals surface area (Å²) in [5, 5.41) is 10.3. The standard InChI is InChI=1S/C12H24O2.C2H2OS/c1-2-3-4-5-6-7-8-9-10-11-12(13)14;1-2-4-3-1/h2-11H2,1H3,(H,13,14);1-2H. The van der Waals surface area contributed by atoms with Crippen LogP contribution in [0, 0.1) is 0 Å². The van der Waals surface area contributed by atoms with Crippen molar-refractivity contribution in [2.45, 2.75) is 71.1 Å². The maximum Gasteiger partial charge on any atom is 0.303 e. The quantitative estimate of drug-likeness (QED) is 0.586. The highest BCUT2D eigenvalue weighted by Crippen LogP contribution is 2.10. The van der Waals surface area contributed by atoms with E-state index in [4.69, 9.17) is 5.11 Å². The summed E-state index contributed by atoms with van der Waals surface area (Å²) < 4.78 is 4.46. The molecule has 0 aliphatic rings. The Kier molecular flexibility index (Phi) is 13.7. The molecule has 0 fully saturated rings. The van der Waals surface area contributed by atoms with Crippen LogP contribution >= 0.6 is 11.6 Å². The molecule has 3 nitrogen and oxygen atoms in total. The molecule has 0 aromatic carbocycles. The van der Waals surface area contributed by atoms with Crippen molar-refractivity contribution < 1.29 is 13.8 Å². The van der Waals surface area contributed by atoms with Crippen LogP contribution in [0.5, 0.6) is 0 Å². The van der Waals surface area contributed by atoms with Crippen LogP contribution in [0.3, 0.4) is 0 Å². The van der Waals surface area contributed by atoms with Crippen LogP contribution in [0.4, 0.5) is 0 Å². The fraction of sp³-hybridized carbons (Fsp3) is 0.786. The summed E-state index contributed by atoms with van der Waals surface area (Å²) in [6.45, 7) is 2.23. The van der Waals surface area contributed by atoms with Crippen LogP contribution in [0.25, 0.3) is 0 Å². The summed E-state index contributed by atoms with van der Waals surface area (Å²) in [5.74, 6) is -0.659. The van der Waals surface area contributed by atoms with E-state index >= 15 is 0 Å². The molecule has 18 heavy (non-hydrogen) atoms. The second kappa shape index (κ2) is 14.3. The Bertz CT molecular complexity index is 234. The van der Waals surface area contributed by atoms with E-state index in [0.29, 0.717) is 6.42 Å². The van der Waals surface area contributed by atoms with Crippen molar-refractivity contribution in [2.75, 3.05) is 0 Å². The molecule has 1 rings (SSSR count). The number of carbonyl (C=O) groups is 1. The lowest BCUT2D eigenvalue weighted by atomic mass is 10.1. The predicted octanol–water partition coefficient (Wildman–Crippen LogP) is 5.33. The van der Waals surface area contributed by atoms with Crippen molar-refractivity contribution in [1.82, 2.24) is 0 Å². The highest BCUT2D eigenvalue weighted by atomic mass is 32.1. The summed E-state index contributed by atoms with van der Waals surface area (Å²) in [6.07, 6.45) is 13.1. The molecule has 1 aromatic rings. The molecule has 0 atom stereocenters. The Balaban J connectivity index is 0.000000601. The minimum absolute atomic E-state index is 0.343. The highest BCUT2D eigenvalue weighted by Gasteiger charge is 1.96. The average Bonchev–Trinajstić information content (AvgIpc) is 2.24. The molecule has 0 spiro atoms. The van der Waals surface area contributed by atoms with E-state index in [1.807, 2.05) is 5.38 Å². The molecule has 0 saturated heterocycles. The number of hydrogen-bond acceptors (Lipinski definition) is 3. The van der Waals surface area contributed by atoms with Gasteiger partial charge in [-0.05, 0) is 6.42 Å². The Hall–Kier alpha value is -0.770. The fourth-order valence-corrected chi connectivity index (χ4v) is 1.75. The average molecular weight is 274 g/mol. The van der Waals surface area contributed by atoms with Gasteiger partial charge in [-0.3, -0.25) is 4.79 Å². The maximum atomic E-state index is 10.2. The van der Waals surface area contributed by atoms with Gasteiger partial charge in [0.15, 0.2) is 0 Å². The SMILES string of the molecule is CCCCCCCCCCCC(=O)O.c1cso1. The van der Waals surface area contributed by atoms with Crippen molar-refractivity contribution >= 4 is 17.6 Å². The highest BCUT2D eigenvalue weighted by molar-refractivity contribution is 7.01. The van der Waals surface area contributed by atoms with E-state index in [1.54, 1.807) is 6.26 Å². The van der Waals surface area contributed by atoms with E-state index < -0.39 is 5.97 Å². The number of aliphatic carboxylic acids is 1. The van der Waals surface area contributed by atoms with Crippen LogP contribution in [0.2, 0.25) is 0 Å². The second-order valence-corrected chi connectivity index (χ2v) is 5.09. The number of carboxylic acids is 1. The Morgan fingerprint density at radius 2 is 1.44 bits per heavy atom. The van der Waals surface area contributed by atoms with Crippen molar-refractivity contribution in [3.8, 4) is 0 Å².